The molecule has 19 heteroatoms. The maximum Gasteiger partial charge on any atom is 0.302 e. The highest BCUT2D eigenvalue weighted by Crippen LogP contribution is 2.52. The van der Waals surface area contributed by atoms with E-state index in [0.29, 0.717) is 94.0 Å². The molecule has 5 fully saturated rings. The van der Waals surface area contributed by atoms with Gasteiger partial charge in [0.2, 0.25) is 5.75 Å². The van der Waals surface area contributed by atoms with Crippen LogP contribution < -0.4 is 36.5 Å². The van der Waals surface area contributed by atoms with Gasteiger partial charge in [0.25, 0.3) is 0 Å². The number of aromatic hydroxyl groups is 3. The SMILES string of the molecule is CC(=O)O[C@H]1C[C@@H](c2cc(O)c(O)c(OCCc3cccnc3)c2)O[C@@H]([C@]23CC#C[C@@H]4[C@H](CCC[C@]45NC(=NC[C@]4(CC6=CCNC(N)=C6)CCC[C@H]4O)N[C@@H](n4cc6cc[nH]c6c4)[C@@H]5[C@H](O)N[C@H]4CCCC[C@@H]4C#CC2)Oc2cc(ccc2O)C3)C1. The quantitative estimate of drug-likeness (QED) is 0.0325. The van der Waals surface area contributed by atoms with E-state index in [-0.39, 0.29) is 48.7 Å². The fourth-order valence-corrected chi connectivity index (χ4v) is 15.8. The van der Waals surface area contributed by atoms with Crippen LogP contribution in [0.1, 0.15) is 132 Å². The number of hydrogen-bond donors (Lipinski definition) is 11. The number of fused-ring (bicyclic) bond motifs is 6. The average molecular weight is 1180 g/mol. The molecule has 0 radical (unpaired) electrons. The van der Waals surface area contributed by atoms with Crippen LogP contribution in [0, 0.1) is 52.3 Å². The Bertz CT molecular complexity index is 3550. The van der Waals surface area contributed by atoms with E-state index in [1.807, 2.05) is 42.6 Å². The summed E-state index contributed by atoms with van der Waals surface area (Å²) in [5.41, 5.74) is 8.14. The Hall–Kier alpha value is -7.81. The molecule has 2 saturated heterocycles. The highest BCUT2D eigenvalue weighted by molar-refractivity contribution is 5.83. The minimum atomic E-state index is -1.11. The molecule has 87 heavy (non-hydrogen) atoms. The van der Waals surface area contributed by atoms with Crippen molar-refractivity contribution >= 4 is 22.8 Å². The van der Waals surface area contributed by atoms with Gasteiger partial charge in [0.05, 0.1) is 60.2 Å². The topological polar surface area (TPSA) is 275 Å². The number of carbonyl (C=O) groups excluding carboxylic acids is 1. The van der Waals surface area contributed by atoms with Gasteiger partial charge in [-0.15, -0.1) is 11.8 Å². The lowest BCUT2D eigenvalue weighted by Gasteiger charge is -2.57. The number of benzene rings is 2. The number of phenolic OH excluding ortho intramolecular Hbond substituents is 3. The Morgan fingerprint density at radius 1 is 0.966 bits per heavy atom. The van der Waals surface area contributed by atoms with E-state index in [2.05, 4.69) is 78.0 Å². The maximum atomic E-state index is 13.5. The van der Waals surface area contributed by atoms with E-state index in [9.17, 15) is 30.3 Å². The Kier molecular flexibility index (Phi) is 16.3. The number of rotatable bonds is 12. The number of aromatic amines is 1. The second-order valence-electron chi connectivity index (χ2n) is 25.8. The van der Waals surface area contributed by atoms with Crippen LogP contribution in [0.2, 0.25) is 0 Å². The number of nitrogens with zero attached hydrogens (tertiary/aromatic N) is 3. The van der Waals surface area contributed by atoms with Gasteiger partial charge in [0.15, 0.2) is 29.0 Å². The number of aliphatic hydroxyl groups is 2. The van der Waals surface area contributed by atoms with Gasteiger partial charge >= 0.3 is 5.97 Å². The third kappa shape index (κ3) is 11.9. The van der Waals surface area contributed by atoms with E-state index in [0.717, 1.165) is 66.1 Å². The van der Waals surface area contributed by atoms with Gasteiger partial charge in [-0.1, -0.05) is 49.3 Å². The zero-order valence-corrected chi connectivity index (χ0v) is 49.3. The summed E-state index contributed by atoms with van der Waals surface area (Å²) in [5, 5.41) is 75.7. The number of ether oxygens (including phenoxy) is 4. The molecule has 0 amide bonds. The van der Waals surface area contributed by atoms with Gasteiger partial charge in [0, 0.05) is 105 Å². The summed E-state index contributed by atoms with van der Waals surface area (Å²) in [6.07, 6.45) is 19.2. The van der Waals surface area contributed by atoms with E-state index in [4.69, 9.17) is 29.7 Å². The molecular weight excluding hydrogens is 1100 g/mol. The average Bonchev–Trinajstić information content (AvgIpc) is 1.47. The molecule has 13 rings (SSSR count). The zero-order chi connectivity index (χ0) is 59.9. The molecule has 3 saturated carbocycles. The summed E-state index contributed by atoms with van der Waals surface area (Å²) in [7, 11) is 0. The van der Waals surface area contributed by atoms with E-state index in [1.165, 1.54) is 13.0 Å². The van der Waals surface area contributed by atoms with Crippen molar-refractivity contribution in [1.29, 1.82) is 0 Å². The second kappa shape index (κ2) is 24.4. The molecule has 5 aromatic rings. The summed E-state index contributed by atoms with van der Waals surface area (Å²) >= 11 is 0. The van der Waals surface area contributed by atoms with Crippen LogP contribution in [0.25, 0.3) is 10.9 Å². The van der Waals surface area contributed by atoms with Crippen LogP contribution >= 0.6 is 0 Å². The molecule has 0 unspecified atom stereocenters. The van der Waals surface area contributed by atoms with Crippen LogP contribution in [0.3, 0.4) is 0 Å². The number of nitrogens with one attached hydrogen (secondary N) is 5. The molecule has 8 aliphatic rings. The number of allylic oxidation sites excluding steroid dienone is 2. The lowest BCUT2D eigenvalue weighted by Crippen LogP contribution is -2.75. The number of phenols is 3. The van der Waals surface area contributed by atoms with Crippen molar-refractivity contribution in [2.75, 3.05) is 19.7 Å². The van der Waals surface area contributed by atoms with Gasteiger partial charge < -0.3 is 75.7 Å². The minimum Gasteiger partial charge on any atom is -0.504 e. The molecule has 3 aromatic heterocycles. The van der Waals surface area contributed by atoms with Crippen LogP contribution in [0.15, 0.2) is 108 Å². The van der Waals surface area contributed by atoms with E-state index in [1.54, 1.807) is 24.5 Å². The lowest BCUT2D eigenvalue weighted by atomic mass is 9.61. The number of carbonyl (C=O) groups is 1. The van der Waals surface area contributed by atoms with Crippen molar-refractivity contribution in [1.82, 2.24) is 35.8 Å². The second-order valence-corrected chi connectivity index (χ2v) is 25.8. The van der Waals surface area contributed by atoms with Crippen LogP contribution in [0.5, 0.6) is 28.7 Å². The largest absolute Gasteiger partial charge is 0.504 e. The van der Waals surface area contributed by atoms with Crippen LogP contribution in [-0.4, -0.2) is 114 Å². The molecule has 19 nitrogen and oxygen atoms in total. The first-order chi connectivity index (χ1) is 42.2. The van der Waals surface area contributed by atoms with Gasteiger partial charge in [0.1, 0.15) is 24.6 Å². The lowest BCUT2D eigenvalue weighted by molar-refractivity contribution is -0.174. The Morgan fingerprint density at radius 2 is 1.83 bits per heavy atom. The summed E-state index contributed by atoms with van der Waals surface area (Å²) < 4.78 is 29.1. The number of aliphatic hydroxyl groups excluding tert-OH is 2. The molecule has 14 atom stereocenters. The Balaban J connectivity index is 0.947. The number of aliphatic imine (C=N–C) groups is 1. The molecule has 3 aliphatic carbocycles. The first kappa shape index (κ1) is 58.2. The highest BCUT2D eigenvalue weighted by atomic mass is 16.6. The fraction of sp³-hybridized carbons (Fsp3) is 0.515. The van der Waals surface area contributed by atoms with Crippen LogP contribution in [-0.2, 0) is 27.1 Å². The summed E-state index contributed by atoms with van der Waals surface area (Å²) in [6, 6.07) is 14.3. The molecule has 8 heterocycles. The van der Waals surface area contributed by atoms with E-state index < -0.39 is 82.8 Å². The third-order valence-electron chi connectivity index (χ3n) is 20.1. The normalized spacial score (nSPS) is 33.4. The fourth-order valence-electron chi connectivity index (χ4n) is 15.8. The Labute approximate surface area is 507 Å². The van der Waals surface area contributed by atoms with Crippen molar-refractivity contribution in [2.24, 2.45) is 39.3 Å². The van der Waals surface area contributed by atoms with Gasteiger partial charge in [-0.3, -0.25) is 20.1 Å². The molecule has 4 bridgehead atoms. The molecule has 458 valence electrons. The van der Waals surface area contributed by atoms with E-state index >= 15 is 0 Å². The van der Waals surface area contributed by atoms with Crippen LogP contribution in [0.4, 0.5) is 0 Å². The minimum absolute atomic E-state index is 0.0221. The van der Waals surface area contributed by atoms with Crippen molar-refractivity contribution in [3.05, 3.63) is 120 Å². The van der Waals surface area contributed by atoms with Gasteiger partial charge in [-0.2, -0.15) is 0 Å². The maximum absolute atomic E-state index is 13.5. The number of H-pyrrole nitrogens is 1. The van der Waals surface area contributed by atoms with Crippen molar-refractivity contribution < 1.29 is 49.3 Å². The predicted molar refractivity (Wildman–Crippen MR) is 327 cm³/mol. The number of nitrogens with two attached hydrogens (primary N) is 1. The van der Waals surface area contributed by atoms with Gasteiger partial charge in [-0.25, -0.2) is 0 Å². The predicted octanol–water partition coefficient (Wildman–Crippen LogP) is 7.67. The molecule has 12 N–H and O–H groups in total. The number of esters is 1. The molecule has 1 spiro atoms. The summed E-state index contributed by atoms with van der Waals surface area (Å²) in [6.45, 7) is 2.52. The first-order valence-electron chi connectivity index (χ1n) is 31.3. The summed E-state index contributed by atoms with van der Waals surface area (Å²) in [5.74, 6) is 14.1. The number of dihydropyridines is 1. The Morgan fingerprint density at radius 3 is 2.64 bits per heavy atom. The standard InChI is InChI=1S/C68H81N9O10/c1-41(78)85-48-33-55(47-31-53(80)62(82)57(32-47)84-28-20-42-9-8-25-70-37-42)87-59(34-48)66-21-4-11-45-10-2-3-13-50(45)74-64(83)61-63(77-38-46-19-27-71-51(46)39-77)75-65(73-40-67(23-7-15-58(67)81)36-44-18-26-72-60(69)30-44)76-68(61)24-6-14-54(49(68)12-5-22-66)86-56-29-43(35-66)16-17-52(56)79/h8-9,16-19,25,27,29-32,37-39,45,48-50,54-55,58-59,61,63-64,71-72,74,79-83H,2-3,6-7,10,13-15,20-24,26,28,33-36,40,69H2,1H3,(H2,73,75,76)/t45-,48+,49-,50+,54+,55+,58-,59-,61-,63+,64+,66+,67-,68+/m1/s1. The number of hydrogen-bond acceptors (Lipinski definition) is 15. The monoisotopic (exact) mass is 1180 g/mol. The zero-order valence-electron chi connectivity index (χ0n) is 49.3. The number of pyridine rings is 1. The van der Waals surface area contributed by atoms with Crippen molar-refractivity contribution in [2.45, 2.75) is 171 Å². The van der Waals surface area contributed by atoms with Crippen molar-refractivity contribution in [3.8, 4) is 52.4 Å². The number of guanidine groups is 1. The first-order valence-corrected chi connectivity index (χ1v) is 31.3. The third-order valence-corrected chi connectivity index (χ3v) is 20.1. The number of aromatic nitrogens is 3. The molecular formula is C68H81N9O10. The van der Waals surface area contributed by atoms with Crippen molar-refractivity contribution in [3.63, 3.8) is 0 Å². The highest BCUT2D eigenvalue weighted by Gasteiger charge is 2.60. The van der Waals surface area contributed by atoms with Gasteiger partial charge in [-0.05, 0) is 123 Å². The summed E-state index contributed by atoms with van der Waals surface area (Å²) in [4.78, 5) is 26.2. The smallest absolute Gasteiger partial charge is 0.302 e. The molecule has 5 aliphatic heterocycles. The molecule has 2 aromatic carbocycles.